The Kier molecular flexibility index (Phi) is 3.12. The van der Waals surface area contributed by atoms with Gasteiger partial charge in [0.1, 0.15) is 0 Å². The summed E-state index contributed by atoms with van der Waals surface area (Å²) < 4.78 is 0. The van der Waals surface area contributed by atoms with Gasteiger partial charge in [-0.15, -0.1) is 0 Å². The highest BCUT2D eigenvalue weighted by atomic mass is 16.1. The van der Waals surface area contributed by atoms with Gasteiger partial charge < -0.3 is 11.5 Å². The first-order valence-electron chi connectivity index (χ1n) is 2.36. The monoisotopic (exact) mass is 127 g/mol. The molecule has 0 heterocycles. The van der Waals surface area contributed by atoms with Gasteiger partial charge in [0, 0.05) is 13.3 Å². The van der Waals surface area contributed by atoms with Crippen molar-refractivity contribution in [2.45, 2.75) is 0 Å². The molecule has 0 rings (SSSR count). The molecule has 0 bridgehead atoms. The quantitative estimate of drug-likeness (QED) is 0.369. The molecule has 0 aliphatic rings. The average Bonchev–Trinajstić information content (AvgIpc) is 1.82. The van der Waals surface area contributed by atoms with Crippen molar-refractivity contribution in [2.24, 2.45) is 16.5 Å². The SMILES string of the molecule is CN=C/C=C(\N)C(N)=O. The number of carbonyl (C=O) groups is 1. The number of nitrogens with two attached hydrogens (primary N) is 2. The second kappa shape index (κ2) is 3.65. The van der Waals surface area contributed by atoms with E-state index in [0.717, 1.165) is 0 Å². The maximum atomic E-state index is 10.2. The molecule has 0 aromatic heterocycles. The molecule has 0 unspecified atom stereocenters. The van der Waals surface area contributed by atoms with Gasteiger partial charge in [0.15, 0.2) is 0 Å². The summed E-state index contributed by atoms with van der Waals surface area (Å²) in [5.41, 5.74) is 9.90. The van der Waals surface area contributed by atoms with Crippen LogP contribution in [0.15, 0.2) is 16.8 Å². The van der Waals surface area contributed by atoms with Crippen LogP contribution in [0, 0.1) is 0 Å². The van der Waals surface area contributed by atoms with Gasteiger partial charge in [0.25, 0.3) is 5.91 Å². The number of aliphatic imine (C=N–C) groups is 1. The maximum absolute atomic E-state index is 10.2. The first kappa shape index (κ1) is 7.68. The molecule has 50 valence electrons. The van der Waals surface area contributed by atoms with Crippen LogP contribution in [0.4, 0.5) is 0 Å². The fraction of sp³-hybridized carbons (Fsp3) is 0.200. The third-order valence-corrected chi connectivity index (χ3v) is 0.688. The summed E-state index contributed by atoms with van der Waals surface area (Å²) in [7, 11) is 1.57. The lowest BCUT2D eigenvalue weighted by Gasteiger charge is -1.87. The normalized spacial score (nSPS) is 12.3. The van der Waals surface area contributed by atoms with Gasteiger partial charge in [-0.3, -0.25) is 9.79 Å². The standard InChI is InChI=1S/C5H9N3O/c1-8-3-2-4(6)5(7)9/h2-3H,6H2,1H3,(H2,7,9)/b4-2-,8-3?. The van der Waals surface area contributed by atoms with Gasteiger partial charge in [-0.1, -0.05) is 0 Å². The van der Waals surface area contributed by atoms with Gasteiger partial charge in [-0.2, -0.15) is 0 Å². The second-order valence-corrected chi connectivity index (χ2v) is 1.39. The van der Waals surface area contributed by atoms with Crippen molar-refractivity contribution >= 4 is 12.1 Å². The van der Waals surface area contributed by atoms with Gasteiger partial charge in [0.05, 0.1) is 5.70 Å². The Bertz CT molecular complexity index is 160. The number of rotatable bonds is 2. The molecule has 0 radical (unpaired) electrons. The van der Waals surface area contributed by atoms with Crippen LogP contribution < -0.4 is 11.5 Å². The highest BCUT2D eigenvalue weighted by molar-refractivity contribution is 5.95. The summed E-state index contributed by atoms with van der Waals surface area (Å²) in [6.07, 6.45) is 2.75. The number of hydrogen-bond donors (Lipinski definition) is 2. The number of primary amides is 1. The van der Waals surface area contributed by atoms with Crippen molar-refractivity contribution in [3.63, 3.8) is 0 Å². The van der Waals surface area contributed by atoms with Crippen LogP contribution in [0.5, 0.6) is 0 Å². The molecule has 0 atom stereocenters. The summed E-state index contributed by atoms with van der Waals surface area (Å²) in [4.78, 5) is 13.7. The first-order valence-corrected chi connectivity index (χ1v) is 2.36. The van der Waals surface area contributed by atoms with Crippen LogP contribution in [0.3, 0.4) is 0 Å². The van der Waals surface area contributed by atoms with Crippen LogP contribution in [0.25, 0.3) is 0 Å². The second-order valence-electron chi connectivity index (χ2n) is 1.39. The molecular weight excluding hydrogens is 118 g/mol. The predicted molar refractivity (Wildman–Crippen MR) is 35.9 cm³/mol. The van der Waals surface area contributed by atoms with E-state index in [9.17, 15) is 4.79 Å². The van der Waals surface area contributed by atoms with Crippen molar-refractivity contribution in [3.05, 3.63) is 11.8 Å². The highest BCUT2D eigenvalue weighted by Crippen LogP contribution is 1.76. The van der Waals surface area contributed by atoms with Crippen molar-refractivity contribution < 1.29 is 4.79 Å². The van der Waals surface area contributed by atoms with Crippen LogP contribution in [-0.2, 0) is 4.79 Å². The summed E-state index contributed by atoms with van der Waals surface area (Å²) in [6, 6.07) is 0. The number of nitrogens with zero attached hydrogens (tertiary/aromatic N) is 1. The van der Waals surface area contributed by atoms with Crippen LogP contribution in [-0.4, -0.2) is 19.2 Å². The molecule has 1 amide bonds. The summed E-state index contributed by atoms with van der Waals surface area (Å²) in [6.45, 7) is 0. The van der Waals surface area contributed by atoms with Gasteiger partial charge in [-0.05, 0) is 6.08 Å². The molecule has 0 aliphatic carbocycles. The van der Waals surface area contributed by atoms with Crippen LogP contribution in [0.1, 0.15) is 0 Å². The third-order valence-electron chi connectivity index (χ3n) is 0.688. The maximum Gasteiger partial charge on any atom is 0.264 e. The summed E-state index contributed by atoms with van der Waals surface area (Å²) in [5, 5.41) is 0. The number of amides is 1. The average molecular weight is 127 g/mol. The molecular formula is C5H9N3O. The van der Waals surface area contributed by atoms with E-state index in [0.29, 0.717) is 0 Å². The lowest BCUT2D eigenvalue weighted by atomic mass is 10.4. The zero-order chi connectivity index (χ0) is 7.28. The minimum atomic E-state index is -0.630. The van der Waals surface area contributed by atoms with Crippen molar-refractivity contribution in [2.75, 3.05) is 7.05 Å². The largest absolute Gasteiger partial charge is 0.394 e. The number of hydrogen-bond acceptors (Lipinski definition) is 3. The number of allylic oxidation sites excluding steroid dienone is 1. The molecule has 0 aliphatic heterocycles. The Morgan fingerprint density at radius 3 is 2.44 bits per heavy atom. The van der Waals surface area contributed by atoms with Crippen molar-refractivity contribution in [1.82, 2.24) is 0 Å². The minimum absolute atomic E-state index is 0.0144. The van der Waals surface area contributed by atoms with E-state index in [1.807, 2.05) is 0 Å². The van der Waals surface area contributed by atoms with Crippen LogP contribution in [0.2, 0.25) is 0 Å². The Morgan fingerprint density at radius 2 is 2.11 bits per heavy atom. The molecule has 0 aromatic rings. The molecule has 9 heavy (non-hydrogen) atoms. The Balaban J connectivity index is 4.00. The molecule has 0 saturated carbocycles. The zero-order valence-electron chi connectivity index (χ0n) is 5.16. The molecule has 4 N–H and O–H groups in total. The van der Waals surface area contributed by atoms with E-state index < -0.39 is 5.91 Å². The van der Waals surface area contributed by atoms with Crippen molar-refractivity contribution in [3.8, 4) is 0 Å². The van der Waals surface area contributed by atoms with E-state index in [4.69, 9.17) is 11.5 Å². The predicted octanol–water partition coefficient (Wildman–Crippen LogP) is -0.985. The lowest BCUT2D eigenvalue weighted by molar-refractivity contribution is -0.114. The van der Waals surface area contributed by atoms with Crippen LogP contribution >= 0.6 is 0 Å². The molecule has 0 fully saturated rings. The minimum Gasteiger partial charge on any atom is -0.394 e. The number of carbonyl (C=O) groups excluding carboxylic acids is 1. The fourth-order valence-electron chi connectivity index (χ4n) is 0.237. The van der Waals surface area contributed by atoms with Gasteiger partial charge in [-0.25, -0.2) is 0 Å². The Morgan fingerprint density at radius 1 is 1.56 bits per heavy atom. The van der Waals surface area contributed by atoms with Gasteiger partial charge in [0.2, 0.25) is 0 Å². The first-order chi connectivity index (χ1) is 4.18. The topological polar surface area (TPSA) is 81.5 Å². The van der Waals surface area contributed by atoms with E-state index in [2.05, 4.69) is 4.99 Å². The molecule has 4 heteroatoms. The van der Waals surface area contributed by atoms with Crippen molar-refractivity contribution in [1.29, 1.82) is 0 Å². The molecule has 0 spiro atoms. The summed E-state index contributed by atoms with van der Waals surface area (Å²) in [5.74, 6) is -0.630. The zero-order valence-corrected chi connectivity index (χ0v) is 5.16. The molecule has 4 nitrogen and oxygen atoms in total. The summed E-state index contributed by atoms with van der Waals surface area (Å²) >= 11 is 0. The third kappa shape index (κ3) is 3.28. The van der Waals surface area contributed by atoms with E-state index in [-0.39, 0.29) is 5.70 Å². The van der Waals surface area contributed by atoms with Gasteiger partial charge >= 0.3 is 0 Å². The smallest absolute Gasteiger partial charge is 0.264 e. The fourth-order valence-corrected chi connectivity index (χ4v) is 0.237. The highest BCUT2D eigenvalue weighted by Gasteiger charge is 1.92. The Labute approximate surface area is 53.2 Å². The lowest BCUT2D eigenvalue weighted by Crippen LogP contribution is -2.20. The van der Waals surface area contributed by atoms with E-state index in [1.54, 1.807) is 7.05 Å². The molecule has 0 aromatic carbocycles. The van der Waals surface area contributed by atoms with E-state index in [1.165, 1.54) is 12.3 Å². The Hall–Kier alpha value is -1.32. The molecule has 0 saturated heterocycles. The van der Waals surface area contributed by atoms with E-state index >= 15 is 0 Å².